The van der Waals surface area contributed by atoms with Gasteiger partial charge in [-0.2, -0.15) is 13.2 Å². The second kappa shape index (κ2) is 8.97. The van der Waals surface area contributed by atoms with Crippen LogP contribution in [0.1, 0.15) is 34.1 Å². The number of H-pyrrole nitrogens is 1. The van der Waals surface area contributed by atoms with Crippen LogP contribution < -0.4 is 10.1 Å². The van der Waals surface area contributed by atoms with Gasteiger partial charge in [-0.25, -0.2) is 4.98 Å². The number of ether oxygens (including phenoxy) is 1. The van der Waals surface area contributed by atoms with Crippen molar-refractivity contribution in [2.24, 2.45) is 0 Å². The number of rotatable bonds is 6. The number of halogens is 3. The number of alkyl halides is 3. The van der Waals surface area contributed by atoms with Crippen LogP contribution in [0.15, 0.2) is 66.7 Å². The summed E-state index contributed by atoms with van der Waals surface area (Å²) >= 11 is 0. The summed E-state index contributed by atoms with van der Waals surface area (Å²) in [5, 5.41) is 3.02. The zero-order chi connectivity index (χ0) is 23.6. The highest BCUT2D eigenvalue weighted by Crippen LogP contribution is 2.31. The third-order valence-corrected chi connectivity index (χ3v) is 5.33. The number of aromatic nitrogens is 2. The average Bonchev–Trinajstić information content (AvgIpc) is 3.22. The van der Waals surface area contributed by atoms with E-state index in [0.717, 1.165) is 16.7 Å². The number of methoxy groups -OCH3 is 1. The number of fused-ring (bicyclic) bond motifs is 1. The minimum Gasteiger partial charge on any atom is -0.496 e. The van der Waals surface area contributed by atoms with E-state index in [1.54, 1.807) is 19.2 Å². The van der Waals surface area contributed by atoms with Gasteiger partial charge in [0.1, 0.15) is 5.75 Å². The van der Waals surface area contributed by atoms with Gasteiger partial charge in [-0.05, 0) is 36.2 Å². The maximum Gasteiger partial charge on any atom is 0.449 e. The molecule has 1 aromatic heterocycles. The Bertz CT molecular complexity index is 1280. The normalized spacial score (nSPS) is 12.5. The highest BCUT2D eigenvalue weighted by molar-refractivity contribution is 5.81. The van der Waals surface area contributed by atoms with Crippen molar-refractivity contribution in [3.05, 3.63) is 94.8 Å². The number of imidazole rings is 1. The molecule has 0 saturated heterocycles. The fourth-order valence-electron chi connectivity index (χ4n) is 3.78. The number of hydrogen-bond acceptors (Lipinski definition) is 3. The Kier molecular flexibility index (Phi) is 6.09. The number of benzene rings is 3. The molecule has 0 bridgehead atoms. The third-order valence-electron chi connectivity index (χ3n) is 5.33. The van der Waals surface area contributed by atoms with Crippen LogP contribution >= 0.6 is 0 Å². The maximum absolute atomic E-state index is 13.1. The van der Waals surface area contributed by atoms with E-state index < -0.39 is 18.0 Å². The number of aromatic amines is 1. The van der Waals surface area contributed by atoms with Crippen molar-refractivity contribution in [3.8, 4) is 5.75 Å². The molecule has 5 nitrogen and oxygen atoms in total. The molecule has 4 aromatic rings. The second-order valence-electron chi connectivity index (χ2n) is 7.76. The fourth-order valence-corrected chi connectivity index (χ4v) is 3.78. The van der Waals surface area contributed by atoms with Crippen molar-refractivity contribution in [1.82, 2.24) is 15.3 Å². The summed E-state index contributed by atoms with van der Waals surface area (Å²) in [5.41, 5.74) is 3.64. The van der Waals surface area contributed by atoms with E-state index in [9.17, 15) is 18.0 Å². The Balaban J connectivity index is 1.66. The summed E-state index contributed by atoms with van der Waals surface area (Å²) < 4.78 is 44.5. The van der Waals surface area contributed by atoms with Crippen molar-refractivity contribution < 1.29 is 22.7 Å². The Morgan fingerprint density at radius 3 is 2.52 bits per heavy atom. The SMILES string of the molecule is COc1ccc(C)cc1CC(=O)N[C@@H](c1ccccc1)c1ccc2nc(C(F)(F)F)[nH]c2c1. The van der Waals surface area contributed by atoms with Gasteiger partial charge < -0.3 is 15.0 Å². The van der Waals surface area contributed by atoms with Crippen LogP contribution in [-0.2, 0) is 17.4 Å². The van der Waals surface area contributed by atoms with Gasteiger partial charge in [0.05, 0.1) is 30.6 Å². The number of carbonyl (C=O) groups excluding carboxylic acids is 1. The Morgan fingerprint density at radius 1 is 1.06 bits per heavy atom. The van der Waals surface area contributed by atoms with Gasteiger partial charge in [-0.15, -0.1) is 0 Å². The molecular weight excluding hydrogens is 431 g/mol. The average molecular weight is 453 g/mol. The lowest BCUT2D eigenvalue weighted by Crippen LogP contribution is -2.30. The molecule has 0 aliphatic rings. The number of aryl methyl sites for hydroxylation is 1. The molecule has 0 spiro atoms. The predicted octanol–water partition coefficient (Wildman–Crippen LogP) is 5.35. The first-order valence-electron chi connectivity index (χ1n) is 10.3. The molecule has 1 atom stereocenters. The molecule has 0 unspecified atom stereocenters. The predicted molar refractivity (Wildman–Crippen MR) is 119 cm³/mol. The van der Waals surface area contributed by atoms with Crippen molar-refractivity contribution in [3.63, 3.8) is 0 Å². The van der Waals surface area contributed by atoms with E-state index in [1.165, 1.54) is 6.07 Å². The Labute approximate surface area is 188 Å². The molecule has 0 fully saturated rings. The van der Waals surface area contributed by atoms with Crippen molar-refractivity contribution >= 4 is 16.9 Å². The standard InChI is InChI=1S/C25H22F3N3O2/c1-15-8-11-21(33-2)18(12-15)14-22(32)31-23(16-6-4-3-5-7-16)17-9-10-19-20(13-17)30-24(29-19)25(26,27)28/h3-13,23H,14H2,1-2H3,(H,29,30)(H,31,32)/t23-/m0/s1. The summed E-state index contributed by atoms with van der Waals surface area (Å²) in [5.74, 6) is -0.680. The molecule has 2 N–H and O–H groups in total. The van der Waals surface area contributed by atoms with Crippen LogP contribution in [0.4, 0.5) is 13.2 Å². The molecule has 170 valence electrons. The van der Waals surface area contributed by atoms with E-state index in [-0.39, 0.29) is 23.4 Å². The van der Waals surface area contributed by atoms with E-state index in [4.69, 9.17) is 4.74 Å². The first kappa shape index (κ1) is 22.4. The Hall–Kier alpha value is -3.81. The molecule has 0 aliphatic carbocycles. The van der Waals surface area contributed by atoms with Gasteiger partial charge in [0.15, 0.2) is 0 Å². The molecular formula is C25H22F3N3O2. The summed E-state index contributed by atoms with van der Waals surface area (Å²) in [7, 11) is 1.55. The monoisotopic (exact) mass is 453 g/mol. The van der Waals surface area contributed by atoms with E-state index >= 15 is 0 Å². The number of nitrogens with one attached hydrogen (secondary N) is 2. The summed E-state index contributed by atoms with van der Waals surface area (Å²) in [6, 6.07) is 19.1. The number of amides is 1. The third kappa shape index (κ3) is 5.00. The number of hydrogen-bond donors (Lipinski definition) is 2. The summed E-state index contributed by atoms with van der Waals surface area (Å²) in [6.07, 6.45) is -4.47. The van der Waals surface area contributed by atoms with Gasteiger partial charge in [-0.3, -0.25) is 4.79 Å². The lowest BCUT2D eigenvalue weighted by molar-refractivity contribution is -0.144. The highest BCUT2D eigenvalue weighted by atomic mass is 19.4. The zero-order valence-corrected chi connectivity index (χ0v) is 18.0. The Morgan fingerprint density at radius 2 is 1.82 bits per heavy atom. The largest absolute Gasteiger partial charge is 0.496 e. The first-order chi connectivity index (χ1) is 15.7. The lowest BCUT2D eigenvalue weighted by Gasteiger charge is -2.20. The van der Waals surface area contributed by atoms with Crippen LogP contribution in [-0.4, -0.2) is 23.0 Å². The van der Waals surface area contributed by atoms with Crippen LogP contribution in [0.5, 0.6) is 5.75 Å². The minimum absolute atomic E-state index is 0.0959. The molecule has 1 heterocycles. The van der Waals surface area contributed by atoms with E-state index in [0.29, 0.717) is 11.3 Å². The highest BCUT2D eigenvalue weighted by Gasteiger charge is 2.34. The van der Waals surface area contributed by atoms with Gasteiger partial charge in [0.25, 0.3) is 0 Å². The molecule has 0 aliphatic heterocycles. The zero-order valence-electron chi connectivity index (χ0n) is 18.0. The van der Waals surface area contributed by atoms with Gasteiger partial charge >= 0.3 is 6.18 Å². The molecule has 3 aromatic carbocycles. The molecule has 33 heavy (non-hydrogen) atoms. The topological polar surface area (TPSA) is 67.0 Å². The maximum atomic E-state index is 13.1. The van der Waals surface area contributed by atoms with Crippen LogP contribution in [0.3, 0.4) is 0 Å². The molecule has 8 heteroatoms. The molecule has 0 saturated carbocycles. The molecule has 0 radical (unpaired) electrons. The second-order valence-corrected chi connectivity index (χ2v) is 7.76. The number of nitrogens with zero attached hydrogens (tertiary/aromatic N) is 1. The van der Waals surface area contributed by atoms with Crippen LogP contribution in [0.25, 0.3) is 11.0 Å². The number of carbonyl (C=O) groups is 1. The minimum atomic E-state index is -4.57. The van der Waals surface area contributed by atoms with Crippen LogP contribution in [0.2, 0.25) is 0 Å². The smallest absolute Gasteiger partial charge is 0.449 e. The quantitative estimate of drug-likeness (QED) is 0.414. The molecule has 4 rings (SSSR count). The van der Waals surface area contributed by atoms with Gasteiger partial charge in [0.2, 0.25) is 11.7 Å². The fraction of sp³-hybridized carbons (Fsp3) is 0.200. The summed E-state index contributed by atoms with van der Waals surface area (Å²) in [4.78, 5) is 19.0. The first-order valence-corrected chi connectivity index (χ1v) is 10.3. The van der Waals surface area contributed by atoms with Crippen LogP contribution in [0, 0.1) is 6.92 Å². The molecule has 1 amide bonds. The van der Waals surface area contributed by atoms with E-state index in [2.05, 4.69) is 15.3 Å². The van der Waals surface area contributed by atoms with Gasteiger partial charge in [-0.1, -0.05) is 54.1 Å². The van der Waals surface area contributed by atoms with Crippen molar-refractivity contribution in [2.45, 2.75) is 25.6 Å². The summed E-state index contributed by atoms with van der Waals surface area (Å²) in [6.45, 7) is 1.93. The lowest BCUT2D eigenvalue weighted by atomic mass is 9.97. The van der Waals surface area contributed by atoms with E-state index in [1.807, 2.05) is 55.5 Å². The van der Waals surface area contributed by atoms with Crippen molar-refractivity contribution in [2.75, 3.05) is 7.11 Å². The van der Waals surface area contributed by atoms with Gasteiger partial charge in [0, 0.05) is 5.56 Å². The van der Waals surface area contributed by atoms with Crippen molar-refractivity contribution in [1.29, 1.82) is 0 Å².